The molecule has 0 unspecified atom stereocenters. The van der Waals surface area contributed by atoms with E-state index in [0.29, 0.717) is 30.5 Å². The highest BCUT2D eigenvalue weighted by Gasteiger charge is 2.64. The average molecular weight is 390 g/mol. The number of fused-ring (bicyclic) bond motifs is 1. The van der Waals surface area contributed by atoms with Crippen molar-refractivity contribution < 1.29 is 13.2 Å². The van der Waals surface area contributed by atoms with Crippen LogP contribution >= 0.6 is 0 Å². The average Bonchev–Trinajstić information content (AvgIpc) is 3.22. The molecule has 0 bridgehead atoms. The minimum absolute atomic E-state index is 0.0567. The van der Waals surface area contributed by atoms with E-state index < -0.39 is 10.0 Å². The van der Waals surface area contributed by atoms with Gasteiger partial charge in [-0.15, -0.1) is 0 Å². The number of sulfonamides is 1. The second-order valence-corrected chi connectivity index (χ2v) is 10.6. The van der Waals surface area contributed by atoms with E-state index in [9.17, 15) is 8.42 Å². The Morgan fingerprint density at radius 2 is 2.11 bits per heavy atom. The van der Waals surface area contributed by atoms with Gasteiger partial charge in [-0.3, -0.25) is 0 Å². The monoisotopic (exact) mass is 389 g/mol. The second-order valence-electron chi connectivity index (χ2n) is 8.71. The number of benzene rings is 1. The predicted molar refractivity (Wildman–Crippen MR) is 103 cm³/mol. The first-order chi connectivity index (χ1) is 12.7. The summed E-state index contributed by atoms with van der Waals surface area (Å²) in [6.07, 6.45) is 4.49. The molecule has 27 heavy (non-hydrogen) atoms. The van der Waals surface area contributed by atoms with E-state index in [-0.39, 0.29) is 10.8 Å². The molecule has 2 heterocycles. The van der Waals surface area contributed by atoms with Gasteiger partial charge >= 0.3 is 0 Å². The highest BCUT2D eigenvalue weighted by atomic mass is 32.2. The quantitative estimate of drug-likeness (QED) is 0.789. The summed E-state index contributed by atoms with van der Waals surface area (Å²) in [4.78, 5) is 0.363. The van der Waals surface area contributed by atoms with Crippen molar-refractivity contribution >= 4 is 10.0 Å². The Hall–Kier alpha value is -1.70. The zero-order valence-electron chi connectivity index (χ0n) is 16.3. The number of aryl methyl sites for hydroxylation is 1. The lowest BCUT2D eigenvalue weighted by Crippen LogP contribution is -2.55. The minimum Gasteiger partial charge on any atom is -0.384 e. The maximum Gasteiger partial charge on any atom is 0.243 e. The van der Waals surface area contributed by atoms with Gasteiger partial charge in [-0.1, -0.05) is 19.9 Å². The number of hydrogen-bond acceptors (Lipinski definition) is 4. The number of ether oxygens (including phenoxy) is 1. The molecule has 0 N–H and O–H groups in total. The van der Waals surface area contributed by atoms with Crippen molar-refractivity contribution in [1.82, 2.24) is 14.1 Å². The molecule has 2 aromatic rings. The van der Waals surface area contributed by atoms with Gasteiger partial charge in [0.25, 0.3) is 0 Å². The van der Waals surface area contributed by atoms with E-state index in [4.69, 9.17) is 4.74 Å². The molecule has 1 aromatic carbocycles. The number of aromatic nitrogens is 2. The van der Waals surface area contributed by atoms with Crippen molar-refractivity contribution in [3.05, 3.63) is 42.2 Å². The molecule has 0 amide bonds. The van der Waals surface area contributed by atoms with Crippen LogP contribution in [0.25, 0.3) is 5.69 Å². The van der Waals surface area contributed by atoms with Gasteiger partial charge in [-0.25, -0.2) is 13.1 Å². The first kappa shape index (κ1) is 18.7. The molecule has 1 saturated carbocycles. The van der Waals surface area contributed by atoms with E-state index in [0.717, 1.165) is 17.7 Å². The molecule has 146 valence electrons. The zero-order chi connectivity index (χ0) is 19.4. The van der Waals surface area contributed by atoms with Crippen LogP contribution in [0.4, 0.5) is 0 Å². The zero-order valence-corrected chi connectivity index (χ0v) is 17.2. The largest absolute Gasteiger partial charge is 0.384 e. The lowest BCUT2D eigenvalue weighted by molar-refractivity contribution is -0.106. The van der Waals surface area contributed by atoms with Gasteiger partial charge in [-0.2, -0.15) is 9.40 Å². The number of rotatable bonds is 5. The smallest absolute Gasteiger partial charge is 0.243 e. The van der Waals surface area contributed by atoms with Crippen LogP contribution in [-0.4, -0.2) is 49.3 Å². The fourth-order valence-electron chi connectivity index (χ4n) is 5.32. The van der Waals surface area contributed by atoms with Gasteiger partial charge in [0.05, 0.1) is 17.2 Å². The third-order valence-electron chi connectivity index (χ3n) is 6.36. The van der Waals surface area contributed by atoms with E-state index in [2.05, 4.69) is 18.9 Å². The predicted octanol–water partition coefficient (Wildman–Crippen LogP) is 2.86. The lowest BCUT2D eigenvalue weighted by Gasteiger charge is -2.56. The first-order valence-corrected chi connectivity index (χ1v) is 10.7. The summed E-state index contributed by atoms with van der Waals surface area (Å²) >= 11 is 0. The Morgan fingerprint density at radius 3 is 2.74 bits per heavy atom. The molecule has 4 rings (SSSR count). The number of methoxy groups -OCH3 is 1. The summed E-state index contributed by atoms with van der Waals surface area (Å²) in [7, 11) is -1.88. The van der Waals surface area contributed by atoms with Crippen LogP contribution in [0, 0.1) is 23.7 Å². The first-order valence-electron chi connectivity index (χ1n) is 9.29. The van der Waals surface area contributed by atoms with Gasteiger partial charge in [0.1, 0.15) is 0 Å². The summed E-state index contributed by atoms with van der Waals surface area (Å²) in [6.45, 7) is 8.00. The van der Waals surface area contributed by atoms with Crippen LogP contribution in [0.3, 0.4) is 0 Å². The minimum atomic E-state index is -3.58. The molecule has 2 atom stereocenters. The molecule has 0 radical (unpaired) electrons. The van der Waals surface area contributed by atoms with Crippen LogP contribution < -0.4 is 0 Å². The van der Waals surface area contributed by atoms with Crippen molar-refractivity contribution in [2.75, 3.05) is 26.8 Å². The third kappa shape index (κ3) is 2.83. The van der Waals surface area contributed by atoms with E-state index in [1.165, 1.54) is 0 Å². The van der Waals surface area contributed by atoms with Gasteiger partial charge in [-0.05, 0) is 48.4 Å². The standard InChI is InChI=1S/C20H27N3O3S/c1-15-6-7-16(23-9-5-8-21-23)10-17(15)27(24,25)22-11-18-19(2,3)12-20(18,13-22)14-26-4/h5-10,18H,11-14H2,1-4H3/t18-,20-/m1/s1. The SMILES string of the molecule is COC[C@@]12CN(S(=O)(=O)c3cc(-n4cccn4)ccc3C)C[C@@H]1C(C)(C)C2. The lowest BCUT2D eigenvalue weighted by atomic mass is 9.48. The van der Waals surface area contributed by atoms with Crippen LogP contribution in [0.5, 0.6) is 0 Å². The van der Waals surface area contributed by atoms with Gasteiger partial charge in [0, 0.05) is 38.0 Å². The van der Waals surface area contributed by atoms with Crippen molar-refractivity contribution in [3.63, 3.8) is 0 Å². The van der Waals surface area contributed by atoms with Crippen molar-refractivity contribution in [2.24, 2.45) is 16.7 Å². The fraction of sp³-hybridized carbons (Fsp3) is 0.550. The summed E-state index contributed by atoms with van der Waals surface area (Å²) in [5.74, 6) is 0.328. The molecular weight excluding hydrogens is 362 g/mol. The van der Waals surface area contributed by atoms with Crippen LogP contribution in [0.1, 0.15) is 25.8 Å². The topological polar surface area (TPSA) is 64.4 Å². The molecule has 7 heteroatoms. The number of hydrogen-bond donors (Lipinski definition) is 0. The Bertz CT molecular complexity index is 953. The Kier molecular flexibility index (Phi) is 4.25. The maximum atomic E-state index is 13.5. The van der Waals surface area contributed by atoms with Crippen molar-refractivity contribution in [2.45, 2.75) is 32.1 Å². The highest BCUT2D eigenvalue weighted by Crippen LogP contribution is 2.63. The summed E-state index contributed by atoms with van der Waals surface area (Å²) in [6, 6.07) is 7.29. The van der Waals surface area contributed by atoms with Crippen molar-refractivity contribution in [3.8, 4) is 5.69 Å². The fourth-order valence-corrected chi connectivity index (χ4v) is 7.11. The van der Waals surface area contributed by atoms with Crippen molar-refractivity contribution in [1.29, 1.82) is 0 Å². The molecule has 6 nitrogen and oxygen atoms in total. The normalized spacial score (nSPS) is 27.3. The third-order valence-corrected chi connectivity index (χ3v) is 8.31. The van der Waals surface area contributed by atoms with Gasteiger partial charge in [0.2, 0.25) is 10.0 Å². The summed E-state index contributed by atoms with van der Waals surface area (Å²) in [5, 5.41) is 4.22. The van der Waals surface area contributed by atoms with E-state index in [1.54, 1.807) is 28.4 Å². The molecule has 1 aliphatic heterocycles. The van der Waals surface area contributed by atoms with Crippen LogP contribution in [0.15, 0.2) is 41.6 Å². The van der Waals surface area contributed by atoms with E-state index in [1.807, 2.05) is 31.3 Å². The number of nitrogens with zero attached hydrogens (tertiary/aromatic N) is 3. The van der Waals surface area contributed by atoms with E-state index >= 15 is 0 Å². The summed E-state index contributed by atoms with van der Waals surface area (Å²) in [5.41, 5.74) is 1.59. The highest BCUT2D eigenvalue weighted by molar-refractivity contribution is 7.89. The van der Waals surface area contributed by atoms with Gasteiger partial charge in [0.15, 0.2) is 0 Å². The molecule has 1 aromatic heterocycles. The van der Waals surface area contributed by atoms with Crippen LogP contribution in [0.2, 0.25) is 0 Å². The summed E-state index contributed by atoms with van der Waals surface area (Å²) < 4.78 is 35.8. The molecular formula is C20H27N3O3S. The molecule has 1 aliphatic carbocycles. The Morgan fingerprint density at radius 1 is 1.33 bits per heavy atom. The Balaban J connectivity index is 1.70. The maximum absolute atomic E-state index is 13.5. The molecule has 2 fully saturated rings. The molecule has 2 aliphatic rings. The van der Waals surface area contributed by atoms with Gasteiger partial charge < -0.3 is 4.74 Å². The molecule has 0 spiro atoms. The second kappa shape index (κ2) is 6.15. The molecule has 1 saturated heterocycles. The van der Waals surface area contributed by atoms with Crippen LogP contribution in [-0.2, 0) is 14.8 Å². The Labute approximate surface area is 161 Å².